The highest BCUT2D eigenvalue weighted by Crippen LogP contribution is 2.40. The maximum Gasteiger partial charge on any atom is 0.123 e. The summed E-state index contributed by atoms with van der Waals surface area (Å²) in [6.07, 6.45) is 0. The van der Waals surface area contributed by atoms with Crippen molar-refractivity contribution in [2.24, 2.45) is 11.1 Å². The molecule has 3 heteroatoms. The summed E-state index contributed by atoms with van der Waals surface area (Å²) in [5.74, 6) is -0.743. The molecule has 0 saturated heterocycles. The maximum atomic E-state index is 13.5. The first-order valence-corrected chi connectivity index (χ1v) is 6.65. The Balaban J connectivity index is 2.56. The van der Waals surface area contributed by atoms with Crippen LogP contribution in [-0.2, 0) is 0 Å². The van der Waals surface area contributed by atoms with Crippen LogP contribution in [0.25, 0.3) is 0 Å². The van der Waals surface area contributed by atoms with E-state index in [1.807, 2.05) is 26.0 Å². The minimum atomic E-state index is -0.304. The summed E-state index contributed by atoms with van der Waals surface area (Å²) < 4.78 is 27.0. The van der Waals surface area contributed by atoms with Crippen molar-refractivity contribution in [2.75, 3.05) is 6.54 Å². The molecule has 0 saturated carbocycles. The fourth-order valence-electron chi connectivity index (χ4n) is 2.58. The monoisotopic (exact) mass is 275 g/mol. The van der Waals surface area contributed by atoms with Gasteiger partial charge in [-0.3, -0.25) is 0 Å². The predicted octanol–water partition coefficient (Wildman–Crippen LogP) is 4.08. The Hall–Kier alpha value is -1.74. The van der Waals surface area contributed by atoms with Gasteiger partial charge in [0.25, 0.3) is 0 Å². The summed E-state index contributed by atoms with van der Waals surface area (Å²) in [5.41, 5.74) is 7.19. The van der Waals surface area contributed by atoms with Crippen molar-refractivity contribution >= 4 is 0 Å². The van der Waals surface area contributed by atoms with E-state index in [2.05, 4.69) is 0 Å². The lowest BCUT2D eigenvalue weighted by Gasteiger charge is -2.34. The van der Waals surface area contributed by atoms with E-state index in [1.54, 1.807) is 12.1 Å². The highest BCUT2D eigenvalue weighted by atomic mass is 19.1. The van der Waals surface area contributed by atoms with Gasteiger partial charge < -0.3 is 5.73 Å². The van der Waals surface area contributed by atoms with Crippen LogP contribution < -0.4 is 5.73 Å². The molecule has 0 amide bonds. The van der Waals surface area contributed by atoms with Gasteiger partial charge in [0.05, 0.1) is 0 Å². The summed E-state index contributed by atoms with van der Waals surface area (Å²) in [6.45, 7) is 4.44. The van der Waals surface area contributed by atoms with Gasteiger partial charge in [-0.15, -0.1) is 0 Å². The van der Waals surface area contributed by atoms with Crippen LogP contribution >= 0.6 is 0 Å². The first-order valence-electron chi connectivity index (χ1n) is 6.65. The van der Waals surface area contributed by atoms with Crippen LogP contribution in [0.2, 0.25) is 0 Å². The van der Waals surface area contributed by atoms with E-state index < -0.39 is 0 Å². The van der Waals surface area contributed by atoms with E-state index in [1.165, 1.54) is 24.3 Å². The largest absolute Gasteiger partial charge is 0.330 e. The zero-order valence-electron chi connectivity index (χ0n) is 11.7. The van der Waals surface area contributed by atoms with Crippen LogP contribution in [0.1, 0.15) is 30.9 Å². The third kappa shape index (κ3) is 3.05. The number of benzene rings is 2. The summed E-state index contributed by atoms with van der Waals surface area (Å²) in [7, 11) is 0. The number of nitrogens with two attached hydrogens (primary N) is 1. The topological polar surface area (TPSA) is 26.0 Å². The number of halogens is 2. The molecule has 1 nitrogen and oxygen atoms in total. The molecule has 2 rings (SSSR count). The molecule has 0 aliphatic carbocycles. The zero-order valence-corrected chi connectivity index (χ0v) is 11.7. The van der Waals surface area contributed by atoms with E-state index in [-0.39, 0.29) is 23.0 Å². The Morgan fingerprint density at radius 1 is 0.950 bits per heavy atom. The smallest absolute Gasteiger partial charge is 0.123 e. The Labute approximate surface area is 118 Å². The molecule has 0 atom stereocenters. The Morgan fingerprint density at radius 2 is 1.40 bits per heavy atom. The van der Waals surface area contributed by atoms with E-state index in [0.29, 0.717) is 6.54 Å². The highest BCUT2D eigenvalue weighted by molar-refractivity contribution is 5.35. The molecule has 0 radical (unpaired) electrons. The third-order valence-electron chi connectivity index (χ3n) is 3.67. The summed E-state index contributed by atoms with van der Waals surface area (Å²) in [5, 5.41) is 0. The molecule has 0 heterocycles. The molecule has 0 aliphatic rings. The van der Waals surface area contributed by atoms with Gasteiger partial charge in [0.15, 0.2) is 0 Å². The fourth-order valence-corrected chi connectivity index (χ4v) is 2.58. The molecule has 0 unspecified atom stereocenters. The second-order valence-corrected chi connectivity index (χ2v) is 5.74. The molecule has 20 heavy (non-hydrogen) atoms. The van der Waals surface area contributed by atoms with Gasteiger partial charge in [-0.25, -0.2) is 8.78 Å². The highest BCUT2D eigenvalue weighted by Gasteiger charge is 2.31. The molecule has 0 fully saturated rings. The normalized spacial score (nSPS) is 11.9. The number of rotatable bonds is 4. The molecule has 0 bridgehead atoms. The molecule has 2 aromatic rings. The van der Waals surface area contributed by atoms with Crippen LogP contribution in [0.3, 0.4) is 0 Å². The zero-order chi connectivity index (χ0) is 14.8. The lowest BCUT2D eigenvalue weighted by molar-refractivity contribution is 0.328. The average Bonchev–Trinajstić information content (AvgIpc) is 2.39. The van der Waals surface area contributed by atoms with Crippen molar-refractivity contribution in [3.63, 3.8) is 0 Å². The van der Waals surface area contributed by atoms with Gasteiger partial charge in [0, 0.05) is 5.92 Å². The molecule has 2 aromatic carbocycles. The van der Waals surface area contributed by atoms with Gasteiger partial charge >= 0.3 is 0 Å². The van der Waals surface area contributed by atoms with Crippen molar-refractivity contribution in [3.05, 3.63) is 71.3 Å². The SMILES string of the molecule is CC(C)(CN)C(c1cccc(F)c1)c1cccc(F)c1. The van der Waals surface area contributed by atoms with E-state index in [4.69, 9.17) is 5.73 Å². The lowest BCUT2D eigenvalue weighted by atomic mass is 9.71. The lowest BCUT2D eigenvalue weighted by Crippen LogP contribution is -2.31. The van der Waals surface area contributed by atoms with E-state index in [0.717, 1.165) is 11.1 Å². The van der Waals surface area contributed by atoms with Gasteiger partial charge in [-0.05, 0) is 47.4 Å². The Morgan fingerprint density at radius 3 is 1.75 bits per heavy atom. The van der Waals surface area contributed by atoms with Crippen LogP contribution in [0.5, 0.6) is 0 Å². The molecule has 0 aromatic heterocycles. The van der Waals surface area contributed by atoms with Gasteiger partial charge in [0.2, 0.25) is 0 Å². The second kappa shape index (κ2) is 5.71. The summed E-state index contributed by atoms with van der Waals surface area (Å²) in [6, 6.07) is 12.8. The van der Waals surface area contributed by atoms with E-state index in [9.17, 15) is 8.78 Å². The predicted molar refractivity (Wildman–Crippen MR) is 77.5 cm³/mol. The number of hydrogen-bond donors (Lipinski definition) is 1. The third-order valence-corrected chi connectivity index (χ3v) is 3.67. The van der Waals surface area contributed by atoms with Crippen molar-refractivity contribution in [1.82, 2.24) is 0 Å². The molecular formula is C17H19F2N. The molecule has 106 valence electrons. The molecule has 0 aliphatic heterocycles. The summed E-state index contributed by atoms with van der Waals surface area (Å²) in [4.78, 5) is 0. The van der Waals surface area contributed by atoms with E-state index >= 15 is 0 Å². The van der Waals surface area contributed by atoms with Crippen molar-refractivity contribution in [1.29, 1.82) is 0 Å². The molecular weight excluding hydrogens is 256 g/mol. The number of hydrogen-bond acceptors (Lipinski definition) is 1. The van der Waals surface area contributed by atoms with Crippen LogP contribution in [0.15, 0.2) is 48.5 Å². The Kier molecular flexibility index (Phi) is 4.19. The average molecular weight is 275 g/mol. The minimum Gasteiger partial charge on any atom is -0.330 e. The van der Waals surface area contributed by atoms with Gasteiger partial charge in [-0.2, -0.15) is 0 Å². The van der Waals surface area contributed by atoms with Gasteiger partial charge in [0.1, 0.15) is 11.6 Å². The molecule has 0 spiro atoms. The molecule has 2 N–H and O–H groups in total. The second-order valence-electron chi connectivity index (χ2n) is 5.74. The van der Waals surface area contributed by atoms with Crippen molar-refractivity contribution in [3.8, 4) is 0 Å². The summed E-state index contributed by atoms with van der Waals surface area (Å²) >= 11 is 0. The van der Waals surface area contributed by atoms with Crippen LogP contribution in [0, 0.1) is 17.0 Å². The first kappa shape index (κ1) is 14.7. The Bertz CT molecular complexity index is 548. The van der Waals surface area contributed by atoms with Gasteiger partial charge in [-0.1, -0.05) is 38.1 Å². The fraction of sp³-hybridized carbons (Fsp3) is 0.294. The van der Waals surface area contributed by atoms with Crippen molar-refractivity contribution in [2.45, 2.75) is 19.8 Å². The van der Waals surface area contributed by atoms with Crippen molar-refractivity contribution < 1.29 is 8.78 Å². The quantitative estimate of drug-likeness (QED) is 0.894. The standard InChI is InChI=1S/C17H19F2N/c1-17(2,11-20)16(12-5-3-7-14(18)9-12)13-6-4-8-15(19)10-13/h3-10,16H,11,20H2,1-2H3. The van der Waals surface area contributed by atoms with Crippen LogP contribution in [0.4, 0.5) is 8.78 Å². The first-order chi connectivity index (χ1) is 9.44. The maximum absolute atomic E-state index is 13.5. The minimum absolute atomic E-state index is 0.154. The van der Waals surface area contributed by atoms with Crippen LogP contribution in [-0.4, -0.2) is 6.54 Å².